The first-order chi connectivity index (χ1) is 6.83. The second kappa shape index (κ2) is 6.14. The summed E-state index contributed by atoms with van der Waals surface area (Å²) in [6.07, 6.45) is 7.86. The molecule has 0 heterocycles. The average molecular weight is 199 g/mol. The molecule has 0 saturated heterocycles. The Hall–Kier alpha value is -0.410. The van der Waals surface area contributed by atoms with E-state index in [1.807, 2.05) is 0 Å². The molecule has 1 fully saturated rings. The molecular weight excluding hydrogens is 178 g/mol. The molecule has 0 amide bonds. The zero-order chi connectivity index (χ0) is 10.3. The van der Waals surface area contributed by atoms with Crippen LogP contribution in [0.3, 0.4) is 0 Å². The number of nitrogens with one attached hydrogen (secondary N) is 1. The molecule has 0 aromatic rings. The summed E-state index contributed by atoms with van der Waals surface area (Å²) in [5.74, 6) is 0. The molecule has 1 aliphatic carbocycles. The Morgan fingerprint density at radius 1 is 1.21 bits per heavy atom. The SMILES string of the molecule is O=CC1(CCNCCO)CCCCC1. The largest absolute Gasteiger partial charge is 0.395 e. The minimum absolute atomic E-state index is 0.0549. The Morgan fingerprint density at radius 2 is 1.93 bits per heavy atom. The summed E-state index contributed by atoms with van der Waals surface area (Å²) >= 11 is 0. The molecule has 14 heavy (non-hydrogen) atoms. The van der Waals surface area contributed by atoms with Crippen molar-refractivity contribution in [1.82, 2.24) is 5.32 Å². The van der Waals surface area contributed by atoms with Gasteiger partial charge in [-0.15, -0.1) is 0 Å². The topological polar surface area (TPSA) is 49.3 Å². The normalized spacial score (nSPS) is 20.6. The van der Waals surface area contributed by atoms with Gasteiger partial charge < -0.3 is 15.2 Å². The van der Waals surface area contributed by atoms with Crippen molar-refractivity contribution in [2.45, 2.75) is 38.5 Å². The standard InChI is InChI=1S/C11H21NO2/c13-9-8-12-7-6-11(10-14)4-2-1-3-5-11/h10,12-13H,1-9H2. The van der Waals surface area contributed by atoms with E-state index in [1.54, 1.807) is 0 Å². The van der Waals surface area contributed by atoms with E-state index < -0.39 is 0 Å². The summed E-state index contributed by atoms with van der Waals surface area (Å²) in [4.78, 5) is 11.1. The van der Waals surface area contributed by atoms with Gasteiger partial charge in [0.05, 0.1) is 6.61 Å². The summed E-state index contributed by atoms with van der Waals surface area (Å²) < 4.78 is 0. The quantitative estimate of drug-likeness (QED) is 0.497. The van der Waals surface area contributed by atoms with Gasteiger partial charge >= 0.3 is 0 Å². The van der Waals surface area contributed by atoms with Gasteiger partial charge in [0.2, 0.25) is 0 Å². The van der Waals surface area contributed by atoms with Gasteiger partial charge in [-0.1, -0.05) is 19.3 Å². The van der Waals surface area contributed by atoms with Gasteiger partial charge in [-0.05, 0) is 25.8 Å². The van der Waals surface area contributed by atoms with Crippen LogP contribution in [0.2, 0.25) is 0 Å². The van der Waals surface area contributed by atoms with Crippen LogP contribution in [0.5, 0.6) is 0 Å². The van der Waals surface area contributed by atoms with Gasteiger partial charge in [-0.25, -0.2) is 0 Å². The van der Waals surface area contributed by atoms with E-state index in [9.17, 15) is 4.79 Å². The molecule has 82 valence electrons. The first-order valence-corrected chi connectivity index (χ1v) is 5.61. The lowest BCUT2D eigenvalue weighted by Gasteiger charge is -2.32. The molecule has 1 saturated carbocycles. The maximum atomic E-state index is 11.1. The highest BCUT2D eigenvalue weighted by atomic mass is 16.3. The summed E-state index contributed by atoms with van der Waals surface area (Å²) in [5.41, 5.74) is -0.0549. The number of aldehydes is 1. The van der Waals surface area contributed by atoms with E-state index in [-0.39, 0.29) is 12.0 Å². The molecule has 0 radical (unpaired) electrons. The van der Waals surface area contributed by atoms with Gasteiger partial charge in [0.1, 0.15) is 6.29 Å². The van der Waals surface area contributed by atoms with Crippen LogP contribution >= 0.6 is 0 Å². The van der Waals surface area contributed by atoms with E-state index >= 15 is 0 Å². The Kier molecular flexibility index (Phi) is 5.12. The molecule has 3 nitrogen and oxygen atoms in total. The van der Waals surface area contributed by atoms with Crippen molar-refractivity contribution in [1.29, 1.82) is 0 Å². The first-order valence-electron chi connectivity index (χ1n) is 5.61. The molecule has 0 aromatic heterocycles. The maximum Gasteiger partial charge on any atom is 0.126 e. The van der Waals surface area contributed by atoms with Crippen LogP contribution in [0.15, 0.2) is 0 Å². The van der Waals surface area contributed by atoms with E-state index in [2.05, 4.69) is 5.32 Å². The van der Waals surface area contributed by atoms with Gasteiger partial charge in [0.15, 0.2) is 0 Å². The first kappa shape index (κ1) is 11.7. The lowest BCUT2D eigenvalue weighted by molar-refractivity contribution is -0.118. The Balaban J connectivity index is 2.25. The predicted octanol–water partition coefficient (Wildman–Crippen LogP) is 1.11. The fourth-order valence-electron chi connectivity index (χ4n) is 2.22. The average Bonchev–Trinajstić information content (AvgIpc) is 2.26. The van der Waals surface area contributed by atoms with Gasteiger partial charge in [-0.3, -0.25) is 0 Å². The highest BCUT2D eigenvalue weighted by molar-refractivity contribution is 5.59. The Labute approximate surface area is 85.9 Å². The minimum atomic E-state index is -0.0549. The second-order valence-electron chi connectivity index (χ2n) is 4.26. The van der Waals surface area contributed by atoms with Crippen LogP contribution in [0.1, 0.15) is 38.5 Å². The number of carbonyl (C=O) groups excluding carboxylic acids is 1. The van der Waals surface area contributed by atoms with Crippen molar-refractivity contribution in [3.05, 3.63) is 0 Å². The van der Waals surface area contributed by atoms with Crippen molar-refractivity contribution in [3.8, 4) is 0 Å². The summed E-state index contributed by atoms with van der Waals surface area (Å²) in [5, 5.41) is 11.7. The number of hydrogen-bond donors (Lipinski definition) is 2. The van der Waals surface area contributed by atoms with Crippen LogP contribution in [-0.4, -0.2) is 31.1 Å². The van der Waals surface area contributed by atoms with E-state index in [4.69, 9.17) is 5.11 Å². The van der Waals surface area contributed by atoms with Crippen LogP contribution in [-0.2, 0) is 4.79 Å². The molecular formula is C11H21NO2. The van der Waals surface area contributed by atoms with Crippen molar-refractivity contribution >= 4 is 6.29 Å². The number of aliphatic hydroxyl groups excluding tert-OH is 1. The van der Waals surface area contributed by atoms with Crippen LogP contribution in [0.25, 0.3) is 0 Å². The third-order valence-corrected chi connectivity index (χ3v) is 3.19. The fraction of sp³-hybridized carbons (Fsp3) is 0.909. The van der Waals surface area contributed by atoms with Gasteiger partial charge in [0, 0.05) is 12.0 Å². The summed E-state index contributed by atoms with van der Waals surface area (Å²) in [7, 11) is 0. The third kappa shape index (κ3) is 3.39. The van der Waals surface area contributed by atoms with Crippen molar-refractivity contribution < 1.29 is 9.90 Å². The number of aliphatic hydroxyl groups is 1. The predicted molar refractivity (Wildman–Crippen MR) is 56.2 cm³/mol. The van der Waals surface area contributed by atoms with Crippen LogP contribution < -0.4 is 5.32 Å². The lowest BCUT2D eigenvalue weighted by Crippen LogP contribution is -2.31. The van der Waals surface area contributed by atoms with Gasteiger partial charge in [0.25, 0.3) is 0 Å². The zero-order valence-electron chi connectivity index (χ0n) is 8.80. The lowest BCUT2D eigenvalue weighted by atomic mass is 9.73. The Bertz CT molecular complexity index is 165. The summed E-state index contributed by atoms with van der Waals surface area (Å²) in [6.45, 7) is 1.66. The monoisotopic (exact) mass is 199 g/mol. The molecule has 1 aliphatic rings. The van der Waals surface area contributed by atoms with Crippen LogP contribution in [0, 0.1) is 5.41 Å². The highest BCUT2D eigenvalue weighted by Gasteiger charge is 2.30. The molecule has 3 heteroatoms. The molecule has 2 N–H and O–H groups in total. The van der Waals surface area contributed by atoms with Crippen molar-refractivity contribution in [3.63, 3.8) is 0 Å². The maximum absolute atomic E-state index is 11.1. The fourth-order valence-corrected chi connectivity index (χ4v) is 2.22. The van der Waals surface area contributed by atoms with Gasteiger partial charge in [-0.2, -0.15) is 0 Å². The molecule has 1 rings (SSSR count). The smallest absolute Gasteiger partial charge is 0.126 e. The van der Waals surface area contributed by atoms with Crippen LogP contribution in [0.4, 0.5) is 0 Å². The van der Waals surface area contributed by atoms with Crippen molar-refractivity contribution in [2.75, 3.05) is 19.7 Å². The number of carbonyl (C=O) groups is 1. The minimum Gasteiger partial charge on any atom is -0.395 e. The van der Waals surface area contributed by atoms with E-state index in [0.29, 0.717) is 6.54 Å². The number of rotatable bonds is 6. The molecule has 0 atom stereocenters. The van der Waals surface area contributed by atoms with E-state index in [0.717, 1.165) is 32.1 Å². The zero-order valence-corrected chi connectivity index (χ0v) is 8.80. The number of hydrogen-bond acceptors (Lipinski definition) is 3. The highest BCUT2D eigenvalue weighted by Crippen LogP contribution is 2.36. The molecule has 0 spiro atoms. The summed E-state index contributed by atoms with van der Waals surface area (Å²) in [6, 6.07) is 0. The second-order valence-corrected chi connectivity index (χ2v) is 4.26. The Morgan fingerprint density at radius 3 is 2.50 bits per heavy atom. The molecule has 0 aliphatic heterocycles. The molecule has 0 unspecified atom stereocenters. The van der Waals surface area contributed by atoms with Crippen molar-refractivity contribution in [2.24, 2.45) is 5.41 Å². The van der Waals surface area contributed by atoms with E-state index in [1.165, 1.54) is 19.3 Å². The molecule has 0 aromatic carbocycles. The molecule has 0 bridgehead atoms. The third-order valence-electron chi connectivity index (χ3n) is 3.19.